The second-order valence-electron chi connectivity index (χ2n) is 28.2. The van der Waals surface area contributed by atoms with Crippen LogP contribution in [-0.2, 0) is 14.3 Å². The summed E-state index contributed by atoms with van der Waals surface area (Å²) < 4.78 is 11.3. The largest absolute Gasteiger partial charge is 0.394 e. The van der Waals surface area contributed by atoms with Crippen molar-refractivity contribution in [3.05, 3.63) is 36.5 Å². The van der Waals surface area contributed by atoms with Crippen LogP contribution in [0.1, 0.15) is 418 Å². The van der Waals surface area contributed by atoms with Crippen LogP contribution in [0.5, 0.6) is 0 Å². The van der Waals surface area contributed by atoms with Crippen molar-refractivity contribution in [2.45, 2.75) is 461 Å². The van der Waals surface area contributed by atoms with Gasteiger partial charge in [-0.3, -0.25) is 4.79 Å². The van der Waals surface area contributed by atoms with Gasteiger partial charge in [0.2, 0.25) is 5.91 Å². The van der Waals surface area contributed by atoms with Gasteiger partial charge in [0.05, 0.1) is 25.4 Å². The third-order valence-corrected chi connectivity index (χ3v) is 19.4. The van der Waals surface area contributed by atoms with Gasteiger partial charge in [-0.1, -0.05) is 391 Å². The highest BCUT2D eigenvalue weighted by Gasteiger charge is 2.44. The average Bonchev–Trinajstić information content (AvgIpc) is 1.28. The van der Waals surface area contributed by atoms with Crippen molar-refractivity contribution in [3.8, 4) is 0 Å². The third-order valence-electron chi connectivity index (χ3n) is 19.4. The van der Waals surface area contributed by atoms with E-state index in [2.05, 4.69) is 43.5 Å². The number of nitrogens with one attached hydrogen (secondary N) is 1. The summed E-state index contributed by atoms with van der Waals surface area (Å²) >= 11 is 0. The first-order valence-corrected chi connectivity index (χ1v) is 40.2. The van der Waals surface area contributed by atoms with Crippen LogP contribution in [0, 0.1) is 0 Å². The van der Waals surface area contributed by atoms with Gasteiger partial charge in [0.15, 0.2) is 6.29 Å². The molecule has 1 aliphatic rings. The van der Waals surface area contributed by atoms with Crippen molar-refractivity contribution in [1.82, 2.24) is 5.32 Å². The first-order chi connectivity index (χ1) is 44.3. The van der Waals surface area contributed by atoms with Crippen LogP contribution >= 0.6 is 0 Å². The van der Waals surface area contributed by atoms with E-state index in [0.29, 0.717) is 6.42 Å². The minimum atomic E-state index is -1.57. The Hall–Kier alpha value is -1.59. The van der Waals surface area contributed by atoms with Gasteiger partial charge in [-0.25, -0.2) is 0 Å². The van der Waals surface area contributed by atoms with Gasteiger partial charge in [0.25, 0.3) is 0 Å². The van der Waals surface area contributed by atoms with E-state index in [1.54, 1.807) is 6.08 Å². The van der Waals surface area contributed by atoms with Crippen LogP contribution in [0.15, 0.2) is 36.5 Å². The number of hydrogen-bond donors (Lipinski definition) is 6. The van der Waals surface area contributed by atoms with Gasteiger partial charge in [0, 0.05) is 6.42 Å². The van der Waals surface area contributed by atoms with Gasteiger partial charge in [0.1, 0.15) is 24.4 Å². The Morgan fingerprint density at radius 3 is 0.933 bits per heavy atom. The molecule has 0 aromatic rings. The van der Waals surface area contributed by atoms with Crippen LogP contribution in [0.25, 0.3) is 0 Å². The van der Waals surface area contributed by atoms with Gasteiger partial charge >= 0.3 is 0 Å². The van der Waals surface area contributed by atoms with Gasteiger partial charge < -0.3 is 40.3 Å². The van der Waals surface area contributed by atoms with E-state index in [0.717, 1.165) is 38.5 Å². The minimum Gasteiger partial charge on any atom is -0.394 e. The molecule has 0 aliphatic carbocycles. The summed E-state index contributed by atoms with van der Waals surface area (Å²) in [4.78, 5) is 13.2. The van der Waals surface area contributed by atoms with Crippen LogP contribution in [-0.4, -0.2) is 87.5 Å². The van der Waals surface area contributed by atoms with Gasteiger partial charge in [-0.05, 0) is 57.8 Å². The highest BCUT2D eigenvalue weighted by molar-refractivity contribution is 5.76. The number of carbonyl (C=O) groups is 1. The molecule has 0 saturated carbocycles. The number of aliphatic hydroxyl groups is 5. The maximum absolute atomic E-state index is 13.2. The van der Waals surface area contributed by atoms with Crippen molar-refractivity contribution in [2.75, 3.05) is 13.2 Å². The van der Waals surface area contributed by atoms with Crippen molar-refractivity contribution < 1.29 is 39.8 Å². The maximum atomic E-state index is 13.2. The lowest BCUT2D eigenvalue weighted by atomic mass is 9.99. The zero-order valence-electron chi connectivity index (χ0n) is 59.9. The summed E-state index contributed by atoms with van der Waals surface area (Å²) in [6.45, 7) is 3.83. The topological polar surface area (TPSA) is 149 Å². The summed E-state index contributed by atoms with van der Waals surface area (Å²) in [7, 11) is 0. The van der Waals surface area contributed by atoms with Crippen LogP contribution < -0.4 is 5.32 Å². The molecule has 6 N–H and O–H groups in total. The first-order valence-electron chi connectivity index (χ1n) is 40.2. The molecule has 1 amide bonds. The lowest BCUT2D eigenvalue weighted by Gasteiger charge is -2.40. The lowest BCUT2D eigenvalue weighted by molar-refractivity contribution is -0.302. The third kappa shape index (κ3) is 57.8. The molecule has 9 heteroatoms. The number of amides is 1. The molecule has 0 spiro atoms. The molecule has 532 valence electrons. The fraction of sp³-hybridized carbons (Fsp3) is 0.914. The predicted octanol–water partition coefficient (Wildman–Crippen LogP) is 22.9. The smallest absolute Gasteiger partial charge is 0.220 e. The molecular formula is C81H155NO8. The minimum absolute atomic E-state index is 0.177. The number of allylic oxidation sites excluding steroid dienone is 5. The molecule has 1 saturated heterocycles. The maximum Gasteiger partial charge on any atom is 0.220 e. The second-order valence-corrected chi connectivity index (χ2v) is 28.2. The number of ether oxygens (including phenoxy) is 2. The van der Waals surface area contributed by atoms with E-state index in [4.69, 9.17) is 9.47 Å². The Kier molecular flexibility index (Phi) is 67.4. The summed E-state index contributed by atoms with van der Waals surface area (Å²) in [6.07, 6.45) is 88.8. The second kappa shape index (κ2) is 70.2. The van der Waals surface area contributed by atoms with E-state index in [-0.39, 0.29) is 12.5 Å². The van der Waals surface area contributed by atoms with Gasteiger partial charge in [-0.2, -0.15) is 0 Å². The van der Waals surface area contributed by atoms with E-state index in [1.807, 2.05) is 6.08 Å². The number of carbonyl (C=O) groups excluding carboxylic acids is 1. The summed E-state index contributed by atoms with van der Waals surface area (Å²) in [5.41, 5.74) is 0. The van der Waals surface area contributed by atoms with E-state index < -0.39 is 49.5 Å². The molecule has 0 aromatic heterocycles. The molecule has 7 unspecified atom stereocenters. The highest BCUT2D eigenvalue weighted by atomic mass is 16.7. The van der Waals surface area contributed by atoms with Crippen molar-refractivity contribution in [2.24, 2.45) is 0 Å². The molecule has 0 bridgehead atoms. The zero-order chi connectivity index (χ0) is 64.9. The standard InChI is InChI=1S/C81H155NO8/c1-3-5-7-9-11-13-15-17-19-21-23-25-27-29-31-33-35-36-37-38-39-40-41-43-45-47-49-51-53-55-57-59-61-63-65-67-69-71-77(85)82-74(73-89-81-80(88)79(87)78(86)76(72-83)90-81)75(84)70-68-66-64-62-60-58-56-54-52-50-48-46-44-42-34-32-30-28-26-24-22-20-18-16-14-12-10-8-6-4-2/h21,23,60,62,68,70,74-76,78-81,83-84,86-88H,3-20,22,24-59,61,63-67,69,71-73H2,1-2H3,(H,82,85)/b23-21-,62-60+,70-68+. The summed E-state index contributed by atoms with van der Waals surface area (Å²) in [6, 6.07) is -0.822. The number of rotatable bonds is 72. The van der Waals surface area contributed by atoms with E-state index in [9.17, 15) is 30.3 Å². The Bertz CT molecular complexity index is 1520. The van der Waals surface area contributed by atoms with E-state index in [1.165, 1.54) is 360 Å². The Balaban J connectivity index is 2.07. The molecule has 90 heavy (non-hydrogen) atoms. The monoisotopic (exact) mass is 1270 g/mol. The molecule has 1 rings (SSSR count). The Morgan fingerprint density at radius 2 is 0.633 bits per heavy atom. The fourth-order valence-corrected chi connectivity index (χ4v) is 13.2. The molecule has 1 fully saturated rings. The number of hydrogen-bond acceptors (Lipinski definition) is 8. The molecule has 0 aromatic carbocycles. The summed E-state index contributed by atoms with van der Waals surface area (Å²) in [5, 5.41) is 54.9. The normalized spacial score (nSPS) is 17.9. The van der Waals surface area contributed by atoms with Crippen molar-refractivity contribution >= 4 is 5.91 Å². The SMILES string of the molecule is CCCCCCCCCC/C=C\CCCCCCCCCCCCCCCCCCCCCCCCCCCC(=O)NC(COC1OC(CO)C(O)C(O)C1O)C(O)/C=C/CC/C=C/CCCCCCCCCCCCCCCCCCCCCCCCCC. The Morgan fingerprint density at radius 1 is 0.367 bits per heavy atom. The summed E-state index contributed by atoms with van der Waals surface area (Å²) in [5.74, 6) is -0.177. The molecular weight excluding hydrogens is 1110 g/mol. The number of unbranched alkanes of at least 4 members (excludes halogenated alkanes) is 58. The lowest BCUT2D eigenvalue weighted by Crippen LogP contribution is -2.60. The van der Waals surface area contributed by atoms with Crippen molar-refractivity contribution in [1.29, 1.82) is 0 Å². The first kappa shape index (κ1) is 86.4. The molecule has 9 nitrogen and oxygen atoms in total. The fourth-order valence-electron chi connectivity index (χ4n) is 13.2. The van der Waals surface area contributed by atoms with E-state index >= 15 is 0 Å². The van der Waals surface area contributed by atoms with Crippen LogP contribution in [0.4, 0.5) is 0 Å². The highest BCUT2D eigenvalue weighted by Crippen LogP contribution is 2.24. The molecule has 0 radical (unpaired) electrons. The van der Waals surface area contributed by atoms with Gasteiger partial charge in [-0.15, -0.1) is 0 Å². The number of aliphatic hydroxyl groups excluding tert-OH is 5. The zero-order valence-corrected chi connectivity index (χ0v) is 59.9. The van der Waals surface area contributed by atoms with Crippen LogP contribution in [0.3, 0.4) is 0 Å². The van der Waals surface area contributed by atoms with Crippen LogP contribution in [0.2, 0.25) is 0 Å². The van der Waals surface area contributed by atoms with Crippen molar-refractivity contribution in [3.63, 3.8) is 0 Å². The molecule has 1 aliphatic heterocycles. The Labute approximate surface area is 559 Å². The predicted molar refractivity (Wildman–Crippen MR) is 387 cm³/mol. The average molecular weight is 1270 g/mol. The quantitative estimate of drug-likeness (QED) is 0.0261. The molecule has 1 heterocycles. The molecule has 7 atom stereocenters.